The Bertz CT molecular complexity index is 911. The first-order chi connectivity index (χ1) is 14.9. The van der Waals surface area contributed by atoms with E-state index >= 15 is 0 Å². The fourth-order valence-corrected chi connectivity index (χ4v) is 5.11. The number of rotatable bonds is 5. The van der Waals surface area contributed by atoms with Crippen molar-refractivity contribution in [1.29, 1.82) is 0 Å². The van der Waals surface area contributed by atoms with Crippen LogP contribution in [0.2, 0.25) is 0 Å². The molecule has 0 radical (unpaired) electrons. The Balaban J connectivity index is 1.60. The summed E-state index contributed by atoms with van der Waals surface area (Å²) in [5.74, 6) is 1.93. The zero-order valence-electron chi connectivity index (χ0n) is 19.0. The standard InChI is InChI=1S/C25H34N4O2/c1-19-16-21(26-3)28-22(27-19)24(2)10-7-13-29(18-24)23(30)25(11-14-31-15-12-25)17-20-8-5-4-6-9-20/h4-6,8-9,16H,7,10-15,17-18H2,1-3H3,(H,26,27,28)/t24-/m0/s1. The SMILES string of the molecule is CNc1cc(C)nc([C@@]2(C)CCCN(C(=O)C3(Cc4ccccc4)CCOCC3)C2)n1. The van der Waals surface area contributed by atoms with Crippen LogP contribution >= 0.6 is 0 Å². The van der Waals surface area contributed by atoms with Crippen LogP contribution in [0.25, 0.3) is 0 Å². The van der Waals surface area contributed by atoms with Crippen molar-refractivity contribution in [2.75, 3.05) is 38.7 Å². The molecule has 1 amide bonds. The minimum Gasteiger partial charge on any atom is -0.381 e. The molecule has 166 valence electrons. The van der Waals surface area contributed by atoms with Crippen molar-refractivity contribution in [3.63, 3.8) is 0 Å². The van der Waals surface area contributed by atoms with Gasteiger partial charge in [0, 0.05) is 50.5 Å². The minimum atomic E-state index is -0.387. The average Bonchev–Trinajstić information content (AvgIpc) is 2.79. The maximum Gasteiger partial charge on any atom is 0.229 e. The molecule has 0 unspecified atom stereocenters. The second-order valence-corrected chi connectivity index (χ2v) is 9.41. The van der Waals surface area contributed by atoms with Crippen LogP contribution in [0.4, 0.5) is 5.82 Å². The van der Waals surface area contributed by atoms with Crippen LogP contribution in [0.5, 0.6) is 0 Å². The van der Waals surface area contributed by atoms with E-state index in [-0.39, 0.29) is 16.7 Å². The van der Waals surface area contributed by atoms with Gasteiger partial charge in [-0.1, -0.05) is 37.3 Å². The lowest BCUT2D eigenvalue weighted by Gasteiger charge is -2.45. The smallest absolute Gasteiger partial charge is 0.229 e. The van der Waals surface area contributed by atoms with Crippen LogP contribution in [0.15, 0.2) is 36.4 Å². The van der Waals surface area contributed by atoms with E-state index in [9.17, 15) is 4.79 Å². The molecule has 0 saturated carbocycles. The number of ether oxygens (including phenoxy) is 1. The average molecular weight is 423 g/mol. The Morgan fingerprint density at radius 3 is 2.61 bits per heavy atom. The van der Waals surface area contributed by atoms with Crippen LogP contribution < -0.4 is 5.32 Å². The van der Waals surface area contributed by atoms with E-state index < -0.39 is 0 Å². The molecular weight excluding hydrogens is 388 g/mol. The highest BCUT2D eigenvalue weighted by molar-refractivity contribution is 5.83. The van der Waals surface area contributed by atoms with E-state index in [4.69, 9.17) is 14.7 Å². The van der Waals surface area contributed by atoms with E-state index in [0.29, 0.717) is 19.8 Å². The van der Waals surface area contributed by atoms with Gasteiger partial charge in [-0.25, -0.2) is 9.97 Å². The first-order valence-corrected chi connectivity index (χ1v) is 11.4. The van der Waals surface area contributed by atoms with Gasteiger partial charge >= 0.3 is 0 Å². The van der Waals surface area contributed by atoms with Gasteiger partial charge in [-0.05, 0) is 44.6 Å². The Morgan fingerprint density at radius 2 is 1.90 bits per heavy atom. The molecule has 2 fully saturated rings. The van der Waals surface area contributed by atoms with Gasteiger partial charge in [0.25, 0.3) is 0 Å². The number of amides is 1. The van der Waals surface area contributed by atoms with E-state index in [0.717, 1.165) is 56.0 Å². The maximum atomic E-state index is 14.0. The van der Waals surface area contributed by atoms with Gasteiger partial charge in [0.15, 0.2) is 0 Å². The highest BCUT2D eigenvalue weighted by atomic mass is 16.5. The van der Waals surface area contributed by atoms with Gasteiger partial charge in [0.05, 0.1) is 5.41 Å². The van der Waals surface area contributed by atoms with Crippen molar-refractivity contribution in [3.8, 4) is 0 Å². The van der Waals surface area contributed by atoms with Crippen molar-refractivity contribution in [2.45, 2.75) is 51.4 Å². The summed E-state index contributed by atoms with van der Waals surface area (Å²) in [5.41, 5.74) is 1.54. The lowest BCUT2D eigenvalue weighted by Crippen LogP contribution is -2.54. The summed E-state index contributed by atoms with van der Waals surface area (Å²) in [6, 6.07) is 12.3. The van der Waals surface area contributed by atoms with Crippen LogP contribution in [0.3, 0.4) is 0 Å². The second kappa shape index (κ2) is 8.95. The number of carbonyl (C=O) groups excluding carboxylic acids is 1. The summed E-state index contributed by atoms with van der Waals surface area (Å²) in [6.07, 6.45) is 4.27. The van der Waals surface area contributed by atoms with Gasteiger partial charge in [0.1, 0.15) is 11.6 Å². The molecule has 6 nitrogen and oxygen atoms in total. The monoisotopic (exact) mass is 422 g/mol. The number of hydrogen-bond donors (Lipinski definition) is 1. The van der Waals surface area contributed by atoms with Crippen molar-refractivity contribution < 1.29 is 9.53 Å². The number of aromatic nitrogens is 2. The van der Waals surface area contributed by atoms with Gasteiger partial charge in [-0.3, -0.25) is 4.79 Å². The van der Waals surface area contributed by atoms with Crippen LogP contribution in [0.1, 0.15) is 49.7 Å². The maximum absolute atomic E-state index is 14.0. The molecule has 0 bridgehead atoms. The molecule has 1 atom stereocenters. The quantitative estimate of drug-likeness (QED) is 0.795. The molecule has 2 aliphatic rings. The number of hydrogen-bond acceptors (Lipinski definition) is 5. The molecule has 1 aromatic heterocycles. The van der Waals surface area contributed by atoms with E-state index in [1.165, 1.54) is 5.56 Å². The summed E-state index contributed by atoms with van der Waals surface area (Å²) in [5, 5.41) is 3.14. The zero-order valence-corrected chi connectivity index (χ0v) is 19.0. The van der Waals surface area contributed by atoms with Crippen LogP contribution in [-0.2, 0) is 21.4 Å². The highest BCUT2D eigenvalue weighted by Gasteiger charge is 2.46. The molecule has 2 aliphatic heterocycles. The first kappa shape index (κ1) is 21.8. The third kappa shape index (κ3) is 4.59. The minimum absolute atomic E-state index is 0.245. The number of nitrogens with one attached hydrogen (secondary N) is 1. The van der Waals surface area contributed by atoms with Gasteiger partial charge in [-0.15, -0.1) is 0 Å². The number of anilines is 1. The van der Waals surface area contributed by atoms with Crippen LogP contribution in [-0.4, -0.2) is 54.1 Å². The fraction of sp³-hybridized carbons (Fsp3) is 0.560. The normalized spacial score (nSPS) is 23.4. The molecule has 31 heavy (non-hydrogen) atoms. The predicted molar refractivity (Wildman–Crippen MR) is 122 cm³/mol. The number of nitrogens with zero attached hydrogens (tertiary/aromatic N) is 3. The molecular formula is C25H34N4O2. The summed E-state index contributed by atoms with van der Waals surface area (Å²) >= 11 is 0. The number of benzene rings is 1. The van der Waals surface area contributed by atoms with Crippen LogP contribution in [0, 0.1) is 12.3 Å². The lowest BCUT2D eigenvalue weighted by molar-refractivity contribution is -0.150. The highest BCUT2D eigenvalue weighted by Crippen LogP contribution is 2.40. The Morgan fingerprint density at radius 1 is 1.16 bits per heavy atom. The van der Waals surface area contributed by atoms with E-state index in [1.807, 2.05) is 26.1 Å². The molecule has 1 aromatic carbocycles. The molecule has 2 saturated heterocycles. The van der Waals surface area contributed by atoms with E-state index in [2.05, 4.69) is 41.4 Å². The molecule has 2 aromatic rings. The fourth-order valence-electron chi connectivity index (χ4n) is 5.11. The molecule has 0 aliphatic carbocycles. The first-order valence-electron chi connectivity index (χ1n) is 11.4. The summed E-state index contributed by atoms with van der Waals surface area (Å²) in [7, 11) is 1.88. The van der Waals surface area contributed by atoms with Gasteiger partial charge in [0.2, 0.25) is 5.91 Å². The zero-order chi connectivity index (χ0) is 21.9. The van der Waals surface area contributed by atoms with Crippen molar-refractivity contribution in [1.82, 2.24) is 14.9 Å². The molecule has 3 heterocycles. The van der Waals surface area contributed by atoms with Gasteiger partial charge < -0.3 is 15.0 Å². The summed E-state index contributed by atoms with van der Waals surface area (Å²) < 4.78 is 5.65. The molecule has 4 rings (SSSR count). The predicted octanol–water partition coefficient (Wildman–Crippen LogP) is 3.75. The molecule has 0 spiro atoms. The third-order valence-electron chi connectivity index (χ3n) is 6.92. The Labute approximate surface area is 185 Å². The Kier molecular flexibility index (Phi) is 6.28. The van der Waals surface area contributed by atoms with E-state index in [1.54, 1.807) is 0 Å². The Hall–Kier alpha value is -2.47. The van der Waals surface area contributed by atoms with Crippen molar-refractivity contribution in [2.24, 2.45) is 5.41 Å². The summed E-state index contributed by atoms with van der Waals surface area (Å²) in [6.45, 7) is 6.96. The second-order valence-electron chi connectivity index (χ2n) is 9.41. The summed E-state index contributed by atoms with van der Waals surface area (Å²) in [4.78, 5) is 25.6. The van der Waals surface area contributed by atoms with Crippen molar-refractivity contribution in [3.05, 3.63) is 53.5 Å². The van der Waals surface area contributed by atoms with Crippen molar-refractivity contribution >= 4 is 11.7 Å². The van der Waals surface area contributed by atoms with Gasteiger partial charge in [-0.2, -0.15) is 0 Å². The lowest BCUT2D eigenvalue weighted by atomic mass is 9.72. The molecule has 6 heteroatoms. The number of likely N-dealkylation sites (tertiary alicyclic amines) is 1. The largest absolute Gasteiger partial charge is 0.381 e. The molecule has 1 N–H and O–H groups in total. The number of aryl methyl sites for hydroxylation is 1. The topological polar surface area (TPSA) is 67.4 Å². The number of piperidine rings is 1. The number of carbonyl (C=O) groups is 1. The third-order valence-corrected chi connectivity index (χ3v) is 6.92.